The topological polar surface area (TPSA) is 59.0 Å². The normalized spacial score (nSPS) is 40.0. The van der Waals surface area contributed by atoms with Gasteiger partial charge >= 0.3 is 5.97 Å². The average Bonchev–Trinajstić information content (AvgIpc) is 2.83. The number of hydrogen-bond acceptors (Lipinski definition) is 5. The van der Waals surface area contributed by atoms with Crippen molar-refractivity contribution in [3.63, 3.8) is 0 Å². The Morgan fingerprint density at radius 3 is 2.75 bits per heavy atom. The van der Waals surface area contributed by atoms with Gasteiger partial charge in [0.2, 0.25) is 0 Å². The predicted octanol–water partition coefficient (Wildman–Crippen LogP) is 1.91. The molecule has 0 radical (unpaired) electrons. The number of fused-ring (bicyclic) bond motifs is 1. The van der Waals surface area contributed by atoms with E-state index in [9.17, 15) is 9.90 Å². The Labute approximate surface area is 144 Å². The number of rotatable bonds is 2. The van der Waals surface area contributed by atoms with Gasteiger partial charge in [0.15, 0.2) is 0 Å². The molecule has 0 aromatic heterocycles. The van der Waals surface area contributed by atoms with Crippen LogP contribution in [0.2, 0.25) is 0 Å². The molecule has 0 saturated carbocycles. The van der Waals surface area contributed by atoms with Crippen LogP contribution in [-0.4, -0.2) is 61.0 Å². The van der Waals surface area contributed by atoms with Crippen LogP contribution in [0.1, 0.15) is 33.1 Å². The van der Waals surface area contributed by atoms with E-state index in [1.54, 1.807) is 0 Å². The van der Waals surface area contributed by atoms with E-state index < -0.39 is 6.10 Å². The molecule has 1 N–H and O–H groups in total. The molecule has 0 aromatic carbocycles. The number of morpholine rings is 1. The van der Waals surface area contributed by atoms with Crippen molar-refractivity contribution in [2.75, 3.05) is 32.8 Å². The molecule has 2 fully saturated rings. The molecule has 0 aromatic rings. The molecule has 0 bridgehead atoms. The number of hydrogen-bond donors (Lipinski definition) is 1. The number of nitrogens with zero attached hydrogens (tertiary/aromatic N) is 1. The van der Waals surface area contributed by atoms with Crippen molar-refractivity contribution < 1.29 is 19.4 Å². The average molecular weight is 335 g/mol. The fourth-order valence-electron chi connectivity index (χ4n) is 4.06. The Balaban J connectivity index is 1.81. The second kappa shape index (κ2) is 7.81. The SMILES string of the molecule is C/C1=C\[C@@H](O)[C@@H]2[C@H](C/C(C)=C/CC1)OC(=O)[C@H]2CN1CCOCC1. The third-order valence-corrected chi connectivity index (χ3v) is 5.43. The second-order valence-corrected chi connectivity index (χ2v) is 7.37. The Kier molecular flexibility index (Phi) is 5.74. The highest BCUT2D eigenvalue weighted by Crippen LogP contribution is 2.37. The highest BCUT2D eigenvalue weighted by molar-refractivity contribution is 5.76. The minimum atomic E-state index is -0.626. The molecular weight excluding hydrogens is 306 g/mol. The van der Waals surface area contributed by atoms with E-state index in [-0.39, 0.29) is 23.9 Å². The van der Waals surface area contributed by atoms with Gasteiger partial charge < -0.3 is 14.6 Å². The minimum absolute atomic E-state index is 0.159. The van der Waals surface area contributed by atoms with Gasteiger partial charge in [0.25, 0.3) is 0 Å². The van der Waals surface area contributed by atoms with E-state index in [4.69, 9.17) is 9.47 Å². The highest BCUT2D eigenvalue weighted by Gasteiger charge is 2.48. The molecule has 1 aliphatic carbocycles. The monoisotopic (exact) mass is 335 g/mol. The molecule has 24 heavy (non-hydrogen) atoms. The number of esters is 1. The van der Waals surface area contributed by atoms with Crippen LogP contribution < -0.4 is 0 Å². The van der Waals surface area contributed by atoms with Crippen LogP contribution in [0.3, 0.4) is 0 Å². The van der Waals surface area contributed by atoms with Crippen LogP contribution in [-0.2, 0) is 14.3 Å². The summed E-state index contributed by atoms with van der Waals surface area (Å²) in [6.07, 6.45) is 5.96. The second-order valence-electron chi connectivity index (χ2n) is 7.37. The summed E-state index contributed by atoms with van der Waals surface area (Å²) in [4.78, 5) is 14.8. The smallest absolute Gasteiger partial charge is 0.311 e. The van der Waals surface area contributed by atoms with Gasteiger partial charge in [-0.15, -0.1) is 0 Å². The highest BCUT2D eigenvalue weighted by atomic mass is 16.6. The van der Waals surface area contributed by atoms with Gasteiger partial charge in [-0.1, -0.05) is 23.3 Å². The zero-order valence-corrected chi connectivity index (χ0v) is 14.7. The molecule has 134 valence electrons. The summed E-state index contributed by atoms with van der Waals surface area (Å²) in [6, 6.07) is 0. The van der Waals surface area contributed by atoms with Crippen molar-refractivity contribution in [2.24, 2.45) is 11.8 Å². The molecule has 4 atom stereocenters. The molecule has 0 amide bonds. The van der Waals surface area contributed by atoms with Crippen LogP contribution in [0, 0.1) is 11.8 Å². The Bertz CT molecular complexity index is 521. The van der Waals surface area contributed by atoms with E-state index in [0.717, 1.165) is 32.4 Å². The molecule has 2 heterocycles. The summed E-state index contributed by atoms with van der Waals surface area (Å²) < 4.78 is 11.1. The van der Waals surface area contributed by atoms with Crippen molar-refractivity contribution in [1.82, 2.24) is 4.90 Å². The summed E-state index contributed by atoms with van der Waals surface area (Å²) in [5, 5.41) is 10.8. The molecule has 0 unspecified atom stereocenters. The van der Waals surface area contributed by atoms with Crippen molar-refractivity contribution in [3.05, 3.63) is 23.3 Å². The first kappa shape index (κ1) is 17.6. The molecule has 3 rings (SSSR count). The van der Waals surface area contributed by atoms with Crippen LogP contribution in [0.15, 0.2) is 23.3 Å². The lowest BCUT2D eigenvalue weighted by Gasteiger charge is -2.31. The van der Waals surface area contributed by atoms with Crippen molar-refractivity contribution in [1.29, 1.82) is 0 Å². The van der Waals surface area contributed by atoms with E-state index in [0.29, 0.717) is 19.8 Å². The van der Waals surface area contributed by atoms with Crippen LogP contribution in [0.4, 0.5) is 0 Å². The van der Waals surface area contributed by atoms with Crippen LogP contribution in [0.25, 0.3) is 0 Å². The summed E-state index contributed by atoms with van der Waals surface area (Å²) in [6.45, 7) is 7.88. The fourth-order valence-corrected chi connectivity index (χ4v) is 4.06. The summed E-state index contributed by atoms with van der Waals surface area (Å²) in [5.74, 6) is -0.593. The summed E-state index contributed by atoms with van der Waals surface area (Å²) >= 11 is 0. The molecular formula is C19H29NO4. The summed E-state index contributed by atoms with van der Waals surface area (Å²) in [5.41, 5.74) is 2.42. The Morgan fingerprint density at radius 1 is 1.25 bits per heavy atom. The fraction of sp³-hybridized carbons (Fsp3) is 0.737. The number of aliphatic hydroxyl groups excluding tert-OH is 1. The number of carbonyl (C=O) groups excluding carboxylic acids is 1. The number of ether oxygens (including phenoxy) is 2. The molecule has 5 heteroatoms. The molecule has 5 nitrogen and oxygen atoms in total. The summed E-state index contributed by atoms with van der Waals surface area (Å²) in [7, 11) is 0. The van der Waals surface area contributed by atoms with Crippen LogP contribution >= 0.6 is 0 Å². The molecule has 2 saturated heterocycles. The molecule has 2 aliphatic heterocycles. The predicted molar refractivity (Wildman–Crippen MR) is 91.5 cm³/mol. The Hall–Kier alpha value is -1.17. The lowest BCUT2D eigenvalue weighted by molar-refractivity contribution is -0.144. The van der Waals surface area contributed by atoms with Crippen molar-refractivity contribution >= 4 is 5.97 Å². The van der Waals surface area contributed by atoms with E-state index in [1.165, 1.54) is 11.1 Å². The Morgan fingerprint density at radius 2 is 2.00 bits per heavy atom. The number of allylic oxidation sites excluding steroid dienone is 2. The zero-order valence-electron chi connectivity index (χ0n) is 14.7. The number of carbonyl (C=O) groups is 1. The van der Waals surface area contributed by atoms with E-state index in [2.05, 4.69) is 24.8 Å². The van der Waals surface area contributed by atoms with Gasteiger partial charge in [0, 0.05) is 32.0 Å². The largest absolute Gasteiger partial charge is 0.461 e. The first-order valence-electron chi connectivity index (χ1n) is 9.06. The molecule has 0 spiro atoms. The molecule has 3 aliphatic rings. The zero-order chi connectivity index (χ0) is 17.1. The first-order chi connectivity index (χ1) is 11.5. The third-order valence-electron chi connectivity index (χ3n) is 5.43. The standard InChI is InChI=1S/C19H29NO4/c1-13-4-3-5-14(2)11-17-18(16(21)10-13)15(19(22)24-17)12-20-6-8-23-9-7-20/h5,10,15-18,21H,3-4,6-9,11-12H2,1-2H3/b13-10+,14-5+/t15-,16+,17-,18+/m0/s1. The first-order valence-corrected chi connectivity index (χ1v) is 9.06. The van der Waals surface area contributed by atoms with E-state index >= 15 is 0 Å². The minimum Gasteiger partial charge on any atom is -0.461 e. The van der Waals surface area contributed by atoms with Gasteiger partial charge in [0.1, 0.15) is 6.10 Å². The van der Waals surface area contributed by atoms with Gasteiger partial charge in [0.05, 0.1) is 25.2 Å². The maximum absolute atomic E-state index is 12.5. The van der Waals surface area contributed by atoms with E-state index in [1.807, 2.05) is 6.08 Å². The van der Waals surface area contributed by atoms with Gasteiger partial charge in [-0.2, -0.15) is 0 Å². The number of aliphatic hydroxyl groups is 1. The lowest BCUT2D eigenvalue weighted by Crippen LogP contribution is -2.44. The third kappa shape index (κ3) is 4.08. The van der Waals surface area contributed by atoms with Gasteiger partial charge in [-0.05, 0) is 26.7 Å². The van der Waals surface area contributed by atoms with Gasteiger partial charge in [-0.3, -0.25) is 9.69 Å². The van der Waals surface area contributed by atoms with Crippen LogP contribution in [0.5, 0.6) is 0 Å². The quantitative estimate of drug-likeness (QED) is 0.617. The lowest BCUT2D eigenvalue weighted by atomic mass is 9.81. The maximum Gasteiger partial charge on any atom is 0.311 e. The van der Waals surface area contributed by atoms with Gasteiger partial charge in [-0.25, -0.2) is 0 Å². The maximum atomic E-state index is 12.5. The van der Waals surface area contributed by atoms with Crippen molar-refractivity contribution in [2.45, 2.75) is 45.3 Å². The van der Waals surface area contributed by atoms with Crippen molar-refractivity contribution in [3.8, 4) is 0 Å².